The van der Waals surface area contributed by atoms with Crippen LogP contribution in [0, 0.1) is 0 Å². The number of hydrogen-bond donors (Lipinski definition) is 2. The van der Waals surface area contributed by atoms with E-state index in [4.69, 9.17) is 0 Å². The van der Waals surface area contributed by atoms with Crippen LogP contribution in [0.3, 0.4) is 0 Å². The van der Waals surface area contributed by atoms with E-state index in [-0.39, 0.29) is 11.7 Å². The third-order valence-corrected chi connectivity index (χ3v) is 4.73. The average molecular weight is 313 g/mol. The minimum Gasteiger partial charge on any atom is -0.508 e. The number of allylic oxidation sites excluding steroid dienone is 1. The lowest BCUT2D eigenvalue weighted by Gasteiger charge is -2.36. The second-order valence-corrected chi connectivity index (χ2v) is 6.31. The van der Waals surface area contributed by atoms with Gasteiger partial charge in [-0.2, -0.15) is 0 Å². The van der Waals surface area contributed by atoms with Crippen molar-refractivity contribution in [2.75, 3.05) is 0 Å². The summed E-state index contributed by atoms with van der Waals surface area (Å²) in [5.41, 5.74) is 1.26. The topological polar surface area (TPSA) is 60.8 Å². The molecule has 1 unspecified atom stereocenters. The van der Waals surface area contributed by atoms with Gasteiger partial charge >= 0.3 is 0 Å². The first-order valence-electron chi connectivity index (χ1n) is 8.28. The van der Waals surface area contributed by atoms with E-state index in [1.165, 1.54) is 0 Å². The van der Waals surface area contributed by atoms with E-state index in [1.54, 1.807) is 29.2 Å². The van der Waals surface area contributed by atoms with Gasteiger partial charge in [0.05, 0.1) is 0 Å². The summed E-state index contributed by atoms with van der Waals surface area (Å²) in [6.07, 6.45) is 7.88. The Labute approximate surface area is 136 Å². The van der Waals surface area contributed by atoms with Gasteiger partial charge in [0.15, 0.2) is 5.72 Å². The molecule has 4 heteroatoms. The van der Waals surface area contributed by atoms with E-state index in [0.717, 1.165) is 36.8 Å². The Hall–Kier alpha value is -2.07. The maximum atomic E-state index is 12.8. The molecule has 1 heterocycles. The molecule has 1 aromatic rings. The molecule has 0 aromatic heterocycles. The molecule has 1 aliphatic heterocycles. The molecule has 0 radical (unpaired) electrons. The van der Waals surface area contributed by atoms with Gasteiger partial charge in [0.2, 0.25) is 0 Å². The highest BCUT2D eigenvalue weighted by atomic mass is 16.3. The number of aliphatic hydroxyl groups is 1. The number of unbranched alkanes of at least 4 members (excludes halogenated alkanes) is 1. The van der Waals surface area contributed by atoms with Crippen LogP contribution in [0.25, 0.3) is 0 Å². The summed E-state index contributed by atoms with van der Waals surface area (Å²) in [5.74, 6) is 0.103. The third kappa shape index (κ3) is 2.79. The quantitative estimate of drug-likeness (QED) is 0.877. The number of phenolic OH excluding ortho intramolecular Hbond substituents is 1. The fourth-order valence-electron chi connectivity index (χ4n) is 3.45. The minimum atomic E-state index is -1.18. The van der Waals surface area contributed by atoms with Gasteiger partial charge in [-0.15, -0.1) is 0 Å². The smallest absolute Gasteiger partial charge is 0.256 e. The first-order valence-corrected chi connectivity index (χ1v) is 8.28. The van der Waals surface area contributed by atoms with Crippen molar-refractivity contribution >= 4 is 5.91 Å². The second-order valence-electron chi connectivity index (χ2n) is 6.31. The second kappa shape index (κ2) is 6.20. The molecule has 0 fully saturated rings. The van der Waals surface area contributed by atoms with Crippen molar-refractivity contribution in [3.63, 3.8) is 0 Å². The Morgan fingerprint density at radius 1 is 1.26 bits per heavy atom. The van der Waals surface area contributed by atoms with Crippen LogP contribution < -0.4 is 0 Å². The van der Waals surface area contributed by atoms with Crippen LogP contribution >= 0.6 is 0 Å². The number of carbonyl (C=O) groups excluding carboxylic acids is 1. The van der Waals surface area contributed by atoms with Crippen molar-refractivity contribution in [2.24, 2.45) is 0 Å². The van der Waals surface area contributed by atoms with Crippen molar-refractivity contribution in [3.8, 4) is 5.75 Å². The minimum absolute atomic E-state index is 0.0948. The van der Waals surface area contributed by atoms with Crippen LogP contribution in [0.5, 0.6) is 5.75 Å². The summed E-state index contributed by atoms with van der Waals surface area (Å²) < 4.78 is 0. The highest BCUT2D eigenvalue weighted by Crippen LogP contribution is 2.43. The molecule has 1 aromatic carbocycles. The predicted molar refractivity (Wildman–Crippen MR) is 88.5 cm³/mol. The Morgan fingerprint density at radius 2 is 2.00 bits per heavy atom. The van der Waals surface area contributed by atoms with Crippen molar-refractivity contribution in [1.82, 2.24) is 4.90 Å². The van der Waals surface area contributed by atoms with E-state index >= 15 is 0 Å². The van der Waals surface area contributed by atoms with Gasteiger partial charge in [-0.1, -0.05) is 37.6 Å². The number of carbonyl (C=O) groups is 1. The molecule has 0 spiro atoms. The summed E-state index contributed by atoms with van der Waals surface area (Å²) >= 11 is 0. The lowest BCUT2D eigenvalue weighted by molar-refractivity contribution is -0.145. The summed E-state index contributed by atoms with van der Waals surface area (Å²) in [4.78, 5) is 14.4. The SMILES string of the molecule is CCCCC1(O)C2=C(C=CCC2)C(=O)N1Cc1ccc(O)cc1. The van der Waals surface area contributed by atoms with Gasteiger partial charge in [0.1, 0.15) is 5.75 Å². The maximum Gasteiger partial charge on any atom is 0.256 e. The largest absolute Gasteiger partial charge is 0.508 e. The maximum absolute atomic E-state index is 12.8. The molecule has 2 N–H and O–H groups in total. The van der Waals surface area contributed by atoms with Crippen molar-refractivity contribution < 1.29 is 15.0 Å². The number of aromatic hydroxyl groups is 1. The van der Waals surface area contributed by atoms with E-state index in [0.29, 0.717) is 18.5 Å². The molecule has 3 rings (SSSR count). The molecule has 23 heavy (non-hydrogen) atoms. The lowest BCUT2D eigenvalue weighted by atomic mass is 9.89. The van der Waals surface area contributed by atoms with Gasteiger partial charge in [-0.05, 0) is 49.0 Å². The van der Waals surface area contributed by atoms with Crippen LogP contribution in [0.1, 0.15) is 44.6 Å². The van der Waals surface area contributed by atoms with Gasteiger partial charge in [-0.25, -0.2) is 0 Å². The zero-order valence-corrected chi connectivity index (χ0v) is 13.5. The highest BCUT2D eigenvalue weighted by molar-refractivity contribution is 6.01. The Morgan fingerprint density at radius 3 is 2.70 bits per heavy atom. The lowest BCUT2D eigenvalue weighted by Crippen LogP contribution is -2.47. The van der Waals surface area contributed by atoms with Crippen LogP contribution in [-0.2, 0) is 11.3 Å². The fraction of sp³-hybridized carbons (Fsp3) is 0.421. The molecule has 4 nitrogen and oxygen atoms in total. The monoisotopic (exact) mass is 313 g/mol. The van der Waals surface area contributed by atoms with Crippen LogP contribution in [0.4, 0.5) is 0 Å². The van der Waals surface area contributed by atoms with Crippen molar-refractivity contribution in [3.05, 3.63) is 53.1 Å². The molecule has 0 saturated heterocycles. The normalized spacial score (nSPS) is 23.6. The molecule has 122 valence electrons. The van der Waals surface area contributed by atoms with Gasteiger partial charge in [-0.3, -0.25) is 4.79 Å². The summed E-state index contributed by atoms with van der Waals surface area (Å²) in [6.45, 7) is 2.43. The number of amides is 1. The van der Waals surface area contributed by atoms with E-state index in [9.17, 15) is 15.0 Å². The number of hydrogen-bond acceptors (Lipinski definition) is 3. The molecule has 1 amide bonds. The predicted octanol–water partition coefficient (Wildman–Crippen LogP) is 3.26. The molecular formula is C19H23NO3. The first-order chi connectivity index (χ1) is 11.1. The Bertz CT molecular complexity index is 660. The summed E-state index contributed by atoms with van der Waals surface area (Å²) in [6, 6.07) is 6.79. The van der Waals surface area contributed by atoms with Gasteiger partial charge in [0, 0.05) is 12.1 Å². The number of phenols is 1. The average Bonchev–Trinajstić information content (AvgIpc) is 2.78. The molecule has 1 aliphatic carbocycles. The first kappa shape index (κ1) is 15.8. The van der Waals surface area contributed by atoms with Crippen molar-refractivity contribution in [2.45, 2.75) is 51.3 Å². The fourth-order valence-corrected chi connectivity index (χ4v) is 3.45. The summed E-state index contributed by atoms with van der Waals surface area (Å²) in [5, 5.41) is 20.7. The number of nitrogens with zero attached hydrogens (tertiary/aromatic N) is 1. The van der Waals surface area contributed by atoms with Crippen LogP contribution in [-0.4, -0.2) is 26.7 Å². The van der Waals surface area contributed by atoms with Crippen molar-refractivity contribution in [1.29, 1.82) is 0 Å². The van der Waals surface area contributed by atoms with E-state index in [1.807, 2.05) is 12.2 Å². The number of rotatable bonds is 5. The Kier molecular flexibility index (Phi) is 4.26. The van der Waals surface area contributed by atoms with E-state index < -0.39 is 5.72 Å². The molecule has 0 bridgehead atoms. The summed E-state index contributed by atoms with van der Waals surface area (Å²) in [7, 11) is 0. The molecule has 0 saturated carbocycles. The van der Waals surface area contributed by atoms with E-state index in [2.05, 4.69) is 6.92 Å². The number of benzene rings is 1. The van der Waals surface area contributed by atoms with Crippen LogP contribution in [0.2, 0.25) is 0 Å². The van der Waals surface area contributed by atoms with Crippen LogP contribution in [0.15, 0.2) is 47.6 Å². The third-order valence-electron chi connectivity index (χ3n) is 4.73. The highest BCUT2D eigenvalue weighted by Gasteiger charge is 2.48. The zero-order valence-electron chi connectivity index (χ0n) is 13.5. The van der Waals surface area contributed by atoms with Gasteiger partial charge < -0.3 is 15.1 Å². The molecular weight excluding hydrogens is 290 g/mol. The molecule has 2 aliphatic rings. The molecule has 1 atom stereocenters. The van der Waals surface area contributed by atoms with Gasteiger partial charge in [0.25, 0.3) is 5.91 Å². The zero-order chi connectivity index (χ0) is 16.4. The Balaban J connectivity index is 1.92. The standard InChI is InChI=1S/C19H23NO3/c1-2-3-12-19(23)17-7-5-4-6-16(17)18(22)20(19)13-14-8-10-15(21)11-9-14/h4,6,8-11,21,23H,2-3,5,7,12-13H2,1H3.